The molecule has 0 unspecified atom stereocenters. The van der Waals surface area contributed by atoms with Crippen molar-refractivity contribution in [3.63, 3.8) is 0 Å². The third-order valence-corrected chi connectivity index (χ3v) is 8.10. The van der Waals surface area contributed by atoms with E-state index >= 15 is 0 Å². The van der Waals surface area contributed by atoms with E-state index in [-0.39, 0.29) is 0 Å². The van der Waals surface area contributed by atoms with Crippen LogP contribution in [0.2, 0.25) is 0 Å². The molecule has 0 bridgehead atoms. The van der Waals surface area contributed by atoms with Crippen molar-refractivity contribution < 1.29 is 9.47 Å². The van der Waals surface area contributed by atoms with Crippen LogP contribution < -0.4 is 14.8 Å². The number of hydrogen-bond donors (Lipinski definition) is 1. The topological polar surface area (TPSA) is 30.5 Å². The predicted octanol–water partition coefficient (Wildman–Crippen LogP) is 8.92. The minimum atomic E-state index is -0.395. The van der Waals surface area contributed by atoms with Gasteiger partial charge < -0.3 is 14.8 Å². The summed E-state index contributed by atoms with van der Waals surface area (Å²) >= 11 is 0. The average Bonchev–Trinajstić information content (AvgIpc) is 3.42. The number of hydrogen-bond acceptors (Lipinski definition) is 3. The molecule has 1 heterocycles. The van der Waals surface area contributed by atoms with Crippen LogP contribution in [0.4, 0.5) is 5.69 Å². The van der Waals surface area contributed by atoms with Gasteiger partial charge >= 0.3 is 0 Å². The van der Waals surface area contributed by atoms with Gasteiger partial charge in [0.2, 0.25) is 0 Å². The molecule has 0 aromatic heterocycles. The lowest BCUT2D eigenvalue weighted by atomic mass is 9.70. The zero-order valence-corrected chi connectivity index (χ0v) is 21.0. The van der Waals surface area contributed by atoms with E-state index in [1.165, 1.54) is 44.5 Å². The van der Waals surface area contributed by atoms with Crippen molar-refractivity contribution in [2.45, 2.75) is 12.3 Å². The van der Waals surface area contributed by atoms with Gasteiger partial charge in [-0.1, -0.05) is 84.9 Å². The summed E-state index contributed by atoms with van der Waals surface area (Å²) < 4.78 is 13.0. The van der Waals surface area contributed by atoms with Crippen molar-refractivity contribution >= 4 is 5.69 Å². The minimum Gasteiger partial charge on any atom is -0.449 e. The van der Waals surface area contributed by atoms with Gasteiger partial charge in [0.15, 0.2) is 23.0 Å². The molecule has 5 aromatic carbocycles. The average molecular weight is 492 g/mol. The zero-order chi connectivity index (χ0) is 25.3. The van der Waals surface area contributed by atoms with Gasteiger partial charge in [-0.25, -0.2) is 0 Å². The largest absolute Gasteiger partial charge is 0.449 e. The number of benzene rings is 5. The van der Waals surface area contributed by atoms with E-state index in [2.05, 4.69) is 96.3 Å². The van der Waals surface area contributed by atoms with E-state index in [9.17, 15) is 0 Å². The van der Waals surface area contributed by atoms with Crippen LogP contribution in [0.1, 0.15) is 29.2 Å². The predicted molar refractivity (Wildman–Crippen MR) is 153 cm³/mol. The molecule has 0 radical (unpaired) electrons. The van der Waals surface area contributed by atoms with Gasteiger partial charge in [0.25, 0.3) is 0 Å². The van der Waals surface area contributed by atoms with Gasteiger partial charge in [0.05, 0.1) is 5.41 Å². The van der Waals surface area contributed by atoms with Crippen molar-refractivity contribution in [3.05, 3.63) is 138 Å². The summed E-state index contributed by atoms with van der Waals surface area (Å²) in [4.78, 5) is 0. The Balaban J connectivity index is 1.34. The second-order valence-corrected chi connectivity index (χ2v) is 10.0. The maximum absolute atomic E-state index is 6.54. The summed E-state index contributed by atoms with van der Waals surface area (Å²) in [6.45, 7) is 2.78. The fraction of sp³-hybridized carbons (Fsp3) is 0.0857. The lowest BCUT2D eigenvalue weighted by molar-refractivity contribution is 0.359. The summed E-state index contributed by atoms with van der Waals surface area (Å²) in [5.74, 6) is 2.94. The molecule has 0 fully saturated rings. The van der Waals surface area contributed by atoms with Crippen LogP contribution in [-0.2, 0) is 5.41 Å². The second kappa shape index (κ2) is 7.87. The fourth-order valence-corrected chi connectivity index (χ4v) is 6.57. The molecular weight excluding hydrogens is 466 g/mol. The minimum absolute atomic E-state index is 0.395. The molecule has 5 aromatic rings. The molecule has 1 spiro atoms. The Morgan fingerprint density at radius 3 is 1.79 bits per heavy atom. The van der Waals surface area contributed by atoms with Crippen molar-refractivity contribution in [2.24, 2.45) is 0 Å². The Morgan fingerprint density at radius 1 is 0.579 bits per heavy atom. The molecule has 1 aliphatic heterocycles. The van der Waals surface area contributed by atoms with Gasteiger partial charge in [0, 0.05) is 18.3 Å². The Bertz CT molecular complexity index is 1750. The van der Waals surface area contributed by atoms with Crippen LogP contribution in [0.25, 0.3) is 22.3 Å². The van der Waals surface area contributed by atoms with Crippen LogP contribution >= 0.6 is 0 Å². The Kier molecular flexibility index (Phi) is 4.42. The summed E-state index contributed by atoms with van der Waals surface area (Å²) in [6.07, 6.45) is 4.12. The molecule has 182 valence electrons. The van der Waals surface area contributed by atoms with Crippen LogP contribution in [0.5, 0.6) is 23.0 Å². The Hall–Kier alpha value is -4.76. The number of fused-ring (bicyclic) bond motifs is 12. The first kappa shape index (κ1) is 21.3. The highest BCUT2D eigenvalue weighted by molar-refractivity contribution is 5.95. The van der Waals surface area contributed by atoms with Crippen molar-refractivity contribution in [1.82, 2.24) is 0 Å². The smallest absolute Gasteiger partial charge is 0.172 e. The molecule has 3 nitrogen and oxygen atoms in total. The van der Waals surface area contributed by atoms with Crippen LogP contribution in [0.3, 0.4) is 0 Å². The maximum Gasteiger partial charge on any atom is 0.172 e. The normalized spacial score (nSPS) is 14.6. The number of rotatable bonds is 3. The Labute approximate surface area is 222 Å². The second-order valence-electron chi connectivity index (χ2n) is 10.0. The van der Waals surface area contributed by atoms with Gasteiger partial charge in [-0.15, -0.1) is 0 Å². The van der Waals surface area contributed by atoms with Crippen molar-refractivity contribution in [2.75, 3.05) is 11.9 Å². The molecule has 3 aliphatic rings. The maximum atomic E-state index is 6.54. The molecule has 0 saturated carbocycles. The molecule has 8 rings (SSSR count). The molecular formula is C35H25NO2. The van der Waals surface area contributed by atoms with E-state index < -0.39 is 5.41 Å². The first-order valence-electron chi connectivity index (χ1n) is 13.1. The van der Waals surface area contributed by atoms with E-state index in [4.69, 9.17) is 9.47 Å². The first-order valence-corrected chi connectivity index (χ1v) is 13.1. The fourth-order valence-electron chi connectivity index (χ4n) is 6.57. The standard InChI is InChI=1S/C35H25NO2/c1-2-3-18-36-22-16-17-31-32(19-22)38-34-21-30-26(20-33(34)37-31)25-12-6-9-15-29(25)35(30)27-13-7-4-10-23(27)24-11-5-8-14-28(24)35/h2-17,19-21,36H,18H2,1H3/b3-2-. The summed E-state index contributed by atoms with van der Waals surface area (Å²) in [5, 5.41) is 3.41. The van der Waals surface area contributed by atoms with Crippen molar-refractivity contribution in [3.8, 4) is 45.3 Å². The van der Waals surface area contributed by atoms with Crippen LogP contribution in [0.15, 0.2) is 115 Å². The highest BCUT2D eigenvalue weighted by Gasteiger charge is 2.52. The summed E-state index contributed by atoms with van der Waals surface area (Å²) in [5.41, 5.74) is 10.8. The molecule has 0 atom stereocenters. The first-order chi connectivity index (χ1) is 18.8. The van der Waals surface area contributed by atoms with Gasteiger partial charge in [-0.2, -0.15) is 0 Å². The van der Waals surface area contributed by atoms with Crippen LogP contribution in [-0.4, -0.2) is 6.54 Å². The third kappa shape index (κ3) is 2.73. The lowest BCUT2D eigenvalue weighted by Crippen LogP contribution is -2.25. The number of ether oxygens (including phenoxy) is 2. The van der Waals surface area contributed by atoms with E-state index in [0.29, 0.717) is 0 Å². The summed E-state index contributed by atoms with van der Waals surface area (Å²) in [7, 11) is 0. The quantitative estimate of drug-likeness (QED) is 0.250. The molecule has 0 amide bonds. The van der Waals surface area contributed by atoms with Gasteiger partial charge in [-0.3, -0.25) is 0 Å². The molecule has 38 heavy (non-hydrogen) atoms. The van der Waals surface area contributed by atoms with Gasteiger partial charge in [0.1, 0.15) is 0 Å². The number of anilines is 1. The van der Waals surface area contributed by atoms with Crippen molar-refractivity contribution in [1.29, 1.82) is 0 Å². The number of nitrogens with one attached hydrogen (secondary N) is 1. The highest BCUT2D eigenvalue weighted by Crippen LogP contribution is 2.64. The van der Waals surface area contributed by atoms with Crippen LogP contribution in [0, 0.1) is 0 Å². The molecule has 0 saturated heterocycles. The third-order valence-electron chi connectivity index (χ3n) is 8.10. The SMILES string of the molecule is C/C=C\CNc1ccc2c(c1)Oc1cc3c(cc1O2)-c1ccccc1C31c2ccccc2-c2ccccc21. The highest BCUT2D eigenvalue weighted by atomic mass is 16.6. The molecule has 2 aliphatic carbocycles. The van der Waals surface area contributed by atoms with E-state index in [1.807, 2.05) is 31.2 Å². The van der Waals surface area contributed by atoms with E-state index in [0.717, 1.165) is 35.2 Å². The molecule has 1 N–H and O–H groups in total. The summed E-state index contributed by atoms with van der Waals surface area (Å²) in [6, 6.07) is 36.9. The zero-order valence-electron chi connectivity index (χ0n) is 21.0. The van der Waals surface area contributed by atoms with Gasteiger partial charge in [-0.05, 0) is 75.7 Å². The lowest BCUT2D eigenvalue weighted by Gasteiger charge is -2.31. The Morgan fingerprint density at radius 2 is 1.13 bits per heavy atom. The monoisotopic (exact) mass is 491 g/mol. The van der Waals surface area contributed by atoms with E-state index in [1.54, 1.807) is 0 Å². The molecule has 3 heteroatoms. The number of allylic oxidation sites excluding steroid dienone is 1.